The third-order valence-electron chi connectivity index (χ3n) is 4.07. The number of carbonyl (C=O) groups is 1. The van der Waals surface area contributed by atoms with E-state index < -0.39 is 5.97 Å². The number of aliphatic carboxylic acids is 1. The Morgan fingerprint density at radius 2 is 1.65 bits per heavy atom. The van der Waals surface area contributed by atoms with E-state index in [2.05, 4.69) is 18.2 Å². The molecule has 0 aromatic heterocycles. The first kappa shape index (κ1) is 17.5. The summed E-state index contributed by atoms with van der Waals surface area (Å²) in [7, 11) is 1.55. The average Bonchev–Trinajstić information content (AvgIpc) is 2.67. The van der Waals surface area contributed by atoms with Gasteiger partial charge in [-0.25, -0.2) is 0 Å². The van der Waals surface area contributed by atoms with Gasteiger partial charge in [0, 0.05) is 0 Å². The highest BCUT2D eigenvalue weighted by Gasteiger charge is 2.10. The minimum Gasteiger partial charge on any atom is -0.493 e. The van der Waals surface area contributed by atoms with Crippen molar-refractivity contribution in [1.29, 1.82) is 0 Å². The van der Waals surface area contributed by atoms with E-state index in [9.17, 15) is 4.79 Å². The van der Waals surface area contributed by atoms with Gasteiger partial charge in [-0.2, -0.15) is 0 Å². The molecule has 4 nitrogen and oxygen atoms in total. The molecule has 132 valence electrons. The third-order valence-corrected chi connectivity index (χ3v) is 4.07. The van der Waals surface area contributed by atoms with Crippen molar-refractivity contribution in [2.45, 2.75) is 13.0 Å². The first-order valence-corrected chi connectivity index (χ1v) is 8.32. The van der Waals surface area contributed by atoms with Gasteiger partial charge in [-0.05, 0) is 34.4 Å². The van der Waals surface area contributed by atoms with Crippen molar-refractivity contribution in [3.8, 4) is 22.6 Å². The van der Waals surface area contributed by atoms with Crippen molar-refractivity contribution < 1.29 is 19.4 Å². The van der Waals surface area contributed by atoms with E-state index >= 15 is 0 Å². The molecule has 4 heteroatoms. The second-order valence-corrected chi connectivity index (χ2v) is 5.87. The Kier molecular flexibility index (Phi) is 5.54. The predicted octanol–water partition coefficient (Wildman–Crippen LogP) is 4.57. The van der Waals surface area contributed by atoms with Crippen LogP contribution in [-0.4, -0.2) is 18.2 Å². The standard InChI is InChI=1S/C22H20O4/c1-25-21-13-16(14-22(23)24)11-12-20(21)26-15-18-9-5-6-10-19(18)17-7-3-2-4-8-17/h2-13H,14-15H2,1H3,(H,23,24). The smallest absolute Gasteiger partial charge is 0.307 e. The Morgan fingerprint density at radius 3 is 2.38 bits per heavy atom. The first-order chi connectivity index (χ1) is 12.7. The fraction of sp³-hybridized carbons (Fsp3) is 0.136. The van der Waals surface area contributed by atoms with Crippen LogP contribution in [0.25, 0.3) is 11.1 Å². The summed E-state index contributed by atoms with van der Waals surface area (Å²) >= 11 is 0. The number of carboxylic acid groups (broad SMARTS) is 1. The number of hydrogen-bond acceptors (Lipinski definition) is 3. The van der Waals surface area contributed by atoms with E-state index in [0.29, 0.717) is 23.7 Å². The fourth-order valence-electron chi connectivity index (χ4n) is 2.82. The second-order valence-electron chi connectivity index (χ2n) is 5.87. The summed E-state index contributed by atoms with van der Waals surface area (Å²) < 4.78 is 11.3. The van der Waals surface area contributed by atoms with Crippen molar-refractivity contribution in [3.63, 3.8) is 0 Å². The summed E-state index contributed by atoms with van der Waals surface area (Å²) in [6, 6.07) is 23.4. The normalized spacial score (nSPS) is 10.3. The Morgan fingerprint density at radius 1 is 0.923 bits per heavy atom. The van der Waals surface area contributed by atoms with Crippen molar-refractivity contribution >= 4 is 5.97 Å². The van der Waals surface area contributed by atoms with Gasteiger partial charge in [-0.3, -0.25) is 4.79 Å². The predicted molar refractivity (Wildman–Crippen MR) is 101 cm³/mol. The minimum atomic E-state index is -0.877. The summed E-state index contributed by atoms with van der Waals surface area (Å²) in [5.41, 5.74) is 3.99. The topological polar surface area (TPSA) is 55.8 Å². The van der Waals surface area contributed by atoms with Crippen molar-refractivity contribution in [2.24, 2.45) is 0 Å². The maximum atomic E-state index is 10.9. The number of hydrogen-bond donors (Lipinski definition) is 1. The molecule has 0 aliphatic heterocycles. The van der Waals surface area contributed by atoms with Gasteiger partial charge in [0.05, 0.1) is 13.5 Å². The highest BCUT2D eigenvalue weighted by molar-refractivity contribution is 5.70. The Balaban J connectivity index is 1.81. The SMILES string of the molecule is COc1cc(CC(=O)O)ccc1OCc1ccccc1-c1ccccc1. The molecule has 0 saturated carbocycles. The molecule has 0 heterocycles. The van der Waals surface area contributed by atoms with Gasteiger partial charge in [0.1, 0.15) is 6.61 Å². The van der Waals surface area contributed by atoms with E-state index in [0.717, 1.165) is 16.7 Å². The highest BCUT2D eigenvalue weighted by atomic mass is 16.5. The zero-order chi connectivity index (χ0) is 18.4. The van der Waals surface area contributed by atoms with Crippen LogP contribution in [0, 0.1) is 0 Å². The number of carboxylic acids is 1. The lowest BCUT2D eigenvalue weighted by Gasteiger charge is -2.14. The molecule has 0 radical (unpaired) electrons. The lowest BCUT2D eigenvalue weighted by atomic mass is 10.0. The van der Waals surface area contributed by atoms with Crippen LogP contribution in [0.15, 0.2) is 72.8 Å². The Hall–Kier alpha value is -3.27. The maximum absolute atomic E-state index is 10.9. The van der Waals surface area contributed by atoms with Gasteiger partial charge in [0.2, 0.25) is 0 Å². The van der Waals surface area contributed by atoms with Gasteiger partial charge in [-0.15, -0.1) is 0 Å². The molecule has 0 fully saturated rings. The van der Waals surface area contributed by atoms with Crippen LogP contribution >= 0.6 is 0 Å². The van der Waals surface area contributed by atoms with E-state index in [1.807, 2.05) is 36.4 Å². The van der Waals surface area contributed by atoms with E-state index in [1.54, 1.807) is 25.3 Å². The summed E-state index contributed by atoms with van der Waals surface area (Å²) in [4.78, 5) is 10.9. The van der Waals surface area contributed by atoms with Gasteiger partial charge in [0.25, 0.3) is 0 Å². The molecule has 0 saturated heterocycles. The molecule has 0 spiro atoms. The first-order valence-electron chi connectivity index (χ1n) is 8.32. The maximum Gasteiger partial charge on any atom is 0.307 e. The number of benzene rings is 3. The van der Waals surface area contributed by atoms with E-state index in [4.69, 9.17) is 14.6 Å². The molecule has 26 heavy (non-hydrogen) atoms. The van der Waals surface area contributed by atoms with Gasteiger partial charge < -0.3 is 14.6 Å². The molecule has 0 aliphatic carbocycles. The van der Waals surface area contributed by atoms with Crippen LogP contribution in [0.1, 0.15) is 11.1 Å². The summed E-state index contributed by atoms with van der Waals surface area (Å²) in [6.07, 6.45) is -0.0481. The molecule has 0 aliphatic rings. The van der Waals surface area contributed by atoms with E-state index in [1.165, 1.54) is 0 Å². The van der Waals surface area contributed by atoms with Gasteiger partial charge in [0.15, 0.2) is 11.5 Å². The average molecular weight is 348 g/mol. The molecule has 0 atom stereocenters. The number of ether oxygens (including phenoxy) is 2. The highest BCUT2D eigenvalue weighted by Crippen LogP contribution is 2.30. The number of methoxy groups -OCH3 is 1. The van der Waals surface area contributed by atoms with Crippen molar-refractivity contribution in [1.82, 2.24) is 0 Å². The van der Waals surface area contributed by atoms with Gasteiger partial charge >= 0.3 is 5.97 Å². The van der Waals surface area contributed by atoms with Crippen LogP contribution in [0.3, 0.4) is 0 Å². The molecule has 3 aromatic rings. The van der Waals surface area contributed by atoms with Crippen LogP contribution in [0.4, 0.5) is 0 Å². The van der Waals surface area contributed by atoms with Crippen LogP contribution in [0.5, 0.6) is 11.5 Å². The Labute approximate surface area is 152 Å². The molecule has 0 unspecified atom stereocenters. The zero-order valence-corrected chi connectivity index (χ0v) is 14.5. The molecule has 0 amide bonds. The lowest BCUT2D eigenvalue weighted by Crippen LogP contribution is -2.02. The van der Waals surface area contributed by atoms with Crippen molar-refractivity contribution in [2.75, 3.05) is 7.11 Å². The van der Waals surface area contributed by atoms with Crippen LogP contribution < -0.4 is 9.47 Å². The summed E-state index contributed by atoms with van der Waals surface area (Å²) in [6.45, 7) is 0.389. The summed E-state index contributed by atoms with van der Waals surface area (Å²) in [5.74, 6) is 0.239. The van der Waals surface area contributed by atoms with Crippen LogP contribution in [0.2, 0.25) is 0 Å². The number of rotatable bonds is 7. The van der Waals surface area contributed by atoms with E-state index in [-0.39, 0.29) is 6.42 Å². The fourth-order valence-corrected chi connectivity index (χ4v) is 2.82. The molecular weight excluding hydrogens is 328 g/mol. The molecule has 0 bridgehead atoms. The molecular formula is C22H20O4. The second kappa shape index (κ2) is 8.21. The third kappa shape index (κ3) is 4.22. The molecule has 1 N–H and O–H groups in total. The quantitative estimate of drug-likeness (QED) is 0.680. The minimum absolute atomic E-state index is 0.0481. The Bertz CT molecular complexity index is 888. The summed E-state index contributed by atoms with van der Waals surface area (Å²) in [5, 5.41) is 8.92. The van der Waals surface area contributed by atoms with Gasteiger partial charge in [-0.1, -0.05) is 60.7 Å². The zero-order valence-electron chi connectivity index (χ0n) is 14.5. The monoisotopic (exact) mass is 348 g/mol. The largest absolute Gasteiger partial charge is 0.493 e. The van der Waals surface area contributed by atoms with Crippen molar-refractivity contribution in [3.05, 3.63) is 83.9 Å². The van der Waals surface area contributed by atoms with Crippen LogP contribution in [-0.2, 0) is 17.8 Å². The molecule has 3 aromatic carbocycles. The molecule has 3 rings (SSSR count). The lowest BCUT2D eigenvalue weighted by molar-refractivity contribution is -0.136.